The molecule has 0 saturated heterocycles. The van der Waals surface area contributed by atoms with Gasteiger partial charge >= 0.3 is 6.18 Å². The van der Waals surface area contributed by atoms with Crippen LogP contribution in [0, 0.1) is 12.3 Å². The molecule has 172 valence electrons. The van der Waals surface area contributed by atoms with Crippen molar-refractivity contribution in [1.82, 2.24) is 14.7 Å². The molecule has 0 aliphatic heterocycles. The molecule has 0 spiro atoms. The highest BCUT2D eigenvalue weighted by Crippen LogP contribution is 2.49. The zero-order valence-electron chi connectivity index (χ0n) is 17.7. The van der Waals surface area contributed by atoms with Crippen LogP contribution in [0.4, 0.5) is 24.5 Å². The first-order valence-electron chi connectivity index (χ1n) is 10.3. The van der Waals surface area contributed by atoms with Crippen LogP contribution in [0.25, 0.3) is 0 Å². The molecule has 6 nitrogen and oxygen atoms in total. The summed E-state index contributed by atoms with van der Waals surface area (Å²) >= 11 is 1.12. The number of rotatable bonds is 8. The standard InChI is InChI=1S/C23H21F3N4O2S/c1-14-2-5-18(17(10-14)23(24,25)26)30-16-4-3-15(27-13-16)12-28-21(32)22(7-8-22)11-19(31)20-6-9-29-33-20/h2-6,9-10,13,30H,7-8,11-12H2,1H3,(H,28,32). The molecule has 1 aliphatic rings. The second-order valence-corrected chi connectivity index (χ2v) is 8.98. The molecule has 4 rings (SSSR count). The van der Waals surface area contributed by atoms with E-state index in [0.717, 1.165) is 17.6 Å². The van der Waals surface area contributed by atoms with Crippen molar-refractivity contribution in [2.24, 2.45) is 5.41 Å². The van der Waals surface area contributed by atoms with E-state index in [1.54, 1.807) is 37.4 Å². The van der Waals surface area contributed by atoms with E-state index in [9.17, 15) is 22.8 Å². The van der Waals surface area contributed by atoms with E-state index < -0.39 is 17.2 Å². The lowest BCUT2D eigenvalue weighted by Crippen LogP contribution is -2.33. The number of amides is 1. The van der Waals surface area contributed by atoms with Crippen LogP contribution < -0.4 is 10.6 Å². The van der Waals surface area contributed by atoms with Crippen molar-refractivity contribution in [3.8, 4) is 0 Å². The van der Waals surface area contributed by atoms with Crippen LogP contribution in [-0.2, 0) is 17.5 Å². The first-order chi connectivity index (χ1) is 15.7. The fourth-order valence-corrected chi connectivity index (χ4v) is 4.04. The highest BCUT2D eigenvalue weighted by molar-refractivity contribution is 7.08. The molecule has 1 amide bonds. The van der Waals surface area contributed by atoms with Crippen LogP contribution >= 0.6 is 11.5 Å². The van der Waals surface area contributed by atoms with E-state index >= 15 is 0 Å². The number of pyridine rings is 1. The molecular weight excluding hydrogens is 453 g/mol. The number of carbonyl (C=O) groups excluding carboxylic acids is 2. The summed E-state index contributed by atoms with van der Waals surface area (Å²) in [4.78, 5) is 29.8. The Morgan fingerprint density at radius 1 is 1.15 bits per heavy atom. The Bertz CT molecular complexity index is 1160. The molecule has 1 fully saturated rings. The van der Waals surface area contributed by atoms with Crippen molar-refractivity contribution in [2.45, 2.75) is 38.9 Å². The summed E-state index contributed by atoms with van der Waals surface area (Å²) in [6, 6.07) is 8.96. The van der Waals surface area contributed by atoms with Gasteiger partial charge in [-0.3, -0.25) is 14.6 Å². The molecule has 1 aromatic carbocycles. The fourth-order valence-electron chi connectivity index (χ4n) is 3.51. The van der Waals surface area contributed by atoms with Crippen LogP contribution in [0.2, 0.25) is 0 Å². The predicted octanol–water partition coefficient (Wildman–Crippen LogP) is 5.28. The Balaban J connectivity index is 1.35. The Morgan fingerprint density at radius 2 is 1.94 bits per heavy atom. The summed E-state index contributed by atoms with van der Waals surface area (Å²) in [5.41, 5.74) is -0.0215. The molecule has 1 aliphatic carbocycles. The molecule has 2 N–H and O–H groups in total. The molecule has 2 heterocycles. The minimum atomic E-state index is -4.48. The lowest BCUT2D eigenvalue weighted by Gasteiger charge is -2.16. The van der Waals surface area contributed by atoms with Gasteiger partial charge in [-0.05, 0) is 61.6 Å². The second kappa shape index (κ2) is 8.93. The van der Waals surface area contributed by atoms with Gasteiger partial charge in [0.05, 0.1) is 45.7 Å². The quantitative estimate of drug-likeness (QED) is 0.434. The molecule has 33 heavy (non-hydrogen) atoms. The van der Waals surface area contributed by atoms with E-state index in [1.165, 1.54) is 12.3 Å². The zero-order valence-corrected chi connectivity index (χ0v) is 18.5. The minimum Gasteiger partial charge on any atom is -0.354 e. The molecular formula is C23H21F3N4O2S. The Labute approximate surface area is 192 Å². The lowest BCUT2D eigenvalue weighted by molar-refractivity contribution is -0.137. The average molecular weight is 475 g/mol. The summed E-state index contributed by atoms with van der Waals surface area (Å²) < 4.78 is 43.9. The molecule has 0 atom stereocenters. The normalized spacial score (nSPS) is 14.5. The number of aryl methyl sites for hydroxylation is 1. The smallest absolute Gasteiger partial charge is 0.354 e. The zero-order chi connectivity index (χ0) is 23.6. The van der Waals surface area contributed by atoms with Gasteiger partial charge in [0.25, 0.3) is 0 Å². The first-order valence-corrected chi connectivity index (χ1v) is 11.1. The Kier molecular flexibility index (Phi) is 6.20. The summed E-state index contributed by atoms with van der Waals surface area (Å²) in [6.07, 6.45) is -0.0523. The van der Waals surface area contributed by atoms with Crippen molar-refractivity contribution >= 4 is 34.6 Å². The molecule has 3 aromatic rings. The first kappa shape index (κ1) is 22.9. The highest BCUT2D eigenvalue weighted by Gasteiger charge is 2.51. The van der Waals surface area contributed by atoms with Crippen LogP contribution in [0.1, 0.15) is 45.8 Å². The summed E-state index contributed by atoms with van der Waals surface area (Å²) in [5.74, 6) is -0.285. The van der Waals surface area contributed by atoms with Gasteiger partial charge in [-0.15, -0.1) is 0 Å². The fraction of sp³-hybridized carbons (Fsp3) is 0.304. The van der Waals surface area contributed by atoms with Gasteiger partial charge in [-0.1, -0.05) is 11.6 Å². The van der Waals surface area contributed by atoms with Crippen LogP contribution in [0.5, 0.6) is 0 Å². The predicted molar refractivity (Wildman–Crippen MR) is 118 cm³/mol. The third-order valence-corrected chi connectivity index (χ3v) is 6.35. The molecule has 10 heteroatoms. The van der Waals surface area contributed by atoms with E-state index in [4.69, 9.17) is 0 Å². The summed E-state index contributed by atoms with van der Waals surface area (Å²) in [5, 5.41) is 5.58. The largest absolute Gasteiger partial charge is 0.418 e. The number of halogens is 3. The Hall–Kier alpha value is -3.27. The van der Waals surface area contributed by atoms with Crippen LogP contribution in [0.3, 0.4) is 0 Å². The molecule has 2 aromatic heterocycles. The molecule has 0 unspecified atom stereocenters. The third kappa shape index (κ3) is 5.39. The van der Waals surface area contributed by atoms with Crippen molar-refractivity contribution in [3.63, 3.8) is 0 Å². The van der Waals surface area contributed by atoms with Crippen molar-refractivity contribution < 1.29 is 22.8 Å². The number of carbonyl (C=O) groups is 2. The maximum Gasteiger partial charge on any atom is 0.418 e. The van der Waals surface area contributed by atoms with Crippen LogP contribution in [0.15, 0.2) is 48.8 Å². The molecule has 0 radical (unpaired) electrons. The van der Waals surface area contributed by atoms with Crippen molar-refractivity contribution in [3.05, 3.63) is 70.5 Å². The number of ketones is 1. The maximum absolute atomic E-state index is 13.3. The van der Waals surface area contributed by atoms with E-state index in [2.05, 4.69) is 20.0 Å². The number of hydrogen-bond acceptors (Lipinski definition) is 6. The monoisotopic (exact) mass is 474 g/mol. The van der Waals surface area contributed by atoms with Gasteiger partial charge in [0.2, 0.25) is 5.91 Å². The number of benzene rings is 1. The van der Waals surface area contributed by atoms with E-state index in [1.807, 2.05) is 0 Å². The van der Waals surface area contributed by atoms with E-state index in [-0.39, 0.29) is 30.3 Å². The van der Waals surface area contributed by atoms with Crippen molar-refractivity contribution in [1.29, 1.82) is 0 Å². The number of alkyl halides is 3. The lowest BCUT2D eigenvalue weighted by atomic mass is 9.97. The van der Waals surface area contributed by atoms with Gasteiger partial charge in [-0.25, -0.2) is 4.37 Å². The van der Waals surface area contributed by atoms with Gasteiger partial charge in [0.1, 0.15) is 0 Å². The summed E-state index contributed by atoms with van der Waals surface area (Å²) in [7, 11) is 0. The van der Waals surface area contributed by atoms with Gasteiger partial charge in [0.15, 0.2) is 5.78 Å². The Morgan fingerprint density at radius 3 is 2.55 bits per heavy atom. The topological polar surface area (TPSA) is 84.0 Å². The SMILES string of the molecule is Cc1ccc(Nc2ccc(CNC(=O)C3(CC(=O)c4ccns4)CC3)nc2)c(C(F)(F)F)c1. The third-order valence-electron chi connectivity index (χ3n) is 5.56. The number of aromatic nitrogens is 2. The van der Waals surface area contributed by atoms with Crippen LogP contribution in [-0.4, -0.2) is 21.0 Å². The number of Topliss-reactive ketones (excluding diaryl/α,β-unsaturated/α-hetero) is 1. The van der Waals surface area contributed by atoms with Gasteiger partial charge in [0, 0.05) is 12.6 Å². The van der Waals surface area contributed by atoms with Crippen molar-refractivity contribution in [2.75, 3.05) is 5.32 Å². The average Bonchev–Trinajstić information content (AvgIpc) is 3.33. The number of anilines is 2. The molecule has 0 bridgehead atoms. The highest BCUT2D eigenvalue weighted by atomic mass is 32.1. The number of hydrogen-bond donors (Lipinski definition) is 2. The van der Waals surface area contributed by atoms with Gasteiger partial charge in [-0.2, -0.15) is 13.2 Å². The summed E-state index contributed by atoms with van der Waals surface area (Å²) in [6.45, 7) is 1.76. The minimum absolute atomic E-state index is 0.0581. The number of nitrogens with one attached hydrogen (secondary N) is 2. The second-order valence-electron chi connectivity index (χ2n) is 8.15. The number of nitrogens with zero attached hydrogens (tertiary/aromatic N) is 2. The molecule has 1 saturated carbocycles. The van der Waals surface area contributed by atoms with E-state index in [0.29, 0.717) is 34.7 Å². The maximum atomic E-state index is 13.3. The van der Waals surface area contributed by atoms with Gasteiger partial charge < -0.3 is 10.6 Å².